The second-order valence-electron chi connectivity index (χ2n) is 6.46. The maximum absolute atomic E-state index is 13.8. The topological polar surface area (TPSA) is 38.3 Å². The van der Waals surface area contributed by atoms with Crippen molar-refractivity contribution >= 4 is 12.8 Å². The SMILES string of the molecule is CCCN[P@@](=O)(OC1c2ccccc2-c2ccccc21)c1ccccc1. The quantitative estimate of drug-likeness (QED) is 0.605. The third-order valence-corrected chi connectivity index (χ3v) is 6.82. The van der Waals surface area contributed by atoms with Crippen LogP contribution in [0.15, 0.2) is 78.9 Å². The Labute approximate surface area is 154 Å². The molecular formula is C22H22NO2P. The zero-order valence-electron chi connectivity index (χ0n) is 14.8. The first-order valence-corrected chi connectivity index (χ1v) is 10.6. The Hall–Kier alpha value is -2.19. The molecule has 0 amide bonds. The minimum atomic E-state index is -3.20. The van der Waals surface area contributed by atoms with Crippen molar-refractivity contribution in [1.82, 2.24) is 5.09 Å². The number of hydrogen-bond acceptors (Lipinski definition) is 2. The third-order valence-electron chi connectivity index (χ3n) is 4.70. The van der Waals surface area contributed by atoms with Crippen molar-refractivity contribution in [3.63, 3.8) is 0 Å². The second kappa shape index (κ2) is 7.20. The summed E-state index contributed by atoms with van der Waals surface area (Å²) in [6.45, 7) is 2.70. The van der Waals surface area contributed by atoms with E-state index in [0.29, 0.717) is 11.8 Å². The smallest absolute Gasteiger partial charge is 0.300 e. The predicted octanol–water partition coefficient (Wildman–Crippen LogP) is 5.29. The van der Waals surface area contributed by atoms with Crippen molar-refractivity contribution in [3.8, 4) is 11.1 Å². The Kier molecular flexibility index (Phi) is 4.78. The highest BCUT2D eigenvalue weighted by molar-refractivity contribution is 7.65. The van der Waals surface area contributed by atoms with Gasteiger partial charge in [-0.25, -0.2) is 5.09 Å². The van der Waals surface area contributed by atoms with Crippen LogP contribution >= 0.6 is 7.52 Å². The molecule has 4 rings (SSSR count). The van der Waals surface area contributed by atoms with Crippen LogP contribution in [0.25, 0.3) is 11.1 Å². The normalized spacial score (nSPS) is 15.3. The highest BCUT2D eigenvalue weighted by atomic mass is 31.2. The van der Waals surface area contributed by atoms with Crippen LogP contribution in [0.5, 0.6) is 0 Å². The summed E-state index contributed by atoms with van der Waals surface area (Å²) in [5.41, 5.74) is 4.46. The Morgan fingerprint density at radius 1 is 0.846 bits per heavy atom. The largest absolute Gasteiger partial charge is 0.301 e. The molecule has 4 heteroatoms. The monoisotopic (exact) mass is 363 g/mol. The highest BCUT2D eigenvalue weighted by Gasteiger charge is 2.36. The van der Waals surface area contributed by atoms with Gasteiger partial charge in [0.25, 0.3) is 0 Å². The lowest BCUT2D eigenvalue weighted by Crippen LogP contribution is -2.23. The molecule has 0 saturated heterocycles. The molecule has 0 bridgehead atoms. The first-order valence-electron chi connectivity index (χ1n) is 9.00. The molecule has 0 aromatic heterocycles. The summed E-state index contributed by atoms with van der Waals surface area (Å²) in [5.74, 6) is 0. The zero-order valence-corrected chi connectivity index (χ0v) is 15.7. The van der Waals surface area contributed by atoms with Gasteiger partial charge in [0.15, 0.2) is 0 Å². The molecule has 1 aliphatic rings. The molecule has 0 heterocycles. The van der Waals surface area contributed by atoms with Crippen molar-refractivity contribution < 1.29 is 9.09 Å². The Morgan fingerprint density at radius 3 is 1.96 bits per heavy atom. The van der Waals surface area contributed by atoms with Crippen molar-refractivity contribution in [1.29, 1.82) is 0 Å². The maximum atomic E-state index is 13.8. The van der Waals surface area contributed by atoms with Crippen LogP contribution in [0.4, 0.5) is 0 Å². The lowest BCUT2D eigenvalue weighted by atomic mass is 10.1. The molecule has 0 aliphatic heterocycles. The average molecular weight is 363 g/mol. The number of fused-ring (bicyclic) bond motifs is 3. The fraction of sp³-hybridized carbons (Fsp3) is 0.182. The van der Waals surface area contributed by atoms with Crippen molar-refractivity contribution in [3.05, 3.63) is 90.0 Å². The van der Waals surface area contributed by atoms with Crippen LogP contribution in [-0.2, 0) is 9.09 Å². The van der Waals surface area contributed by atoms with Gasteiger partial charge < -0.3 is 4.52 Å². The average Bonchev–Trinajstić information content (AvgIpc) is 3.01. The van der Waals surface area contributed by atoms with Crippen molar-refractivity contribution in [2.45, 2.75) is 19.4 Å². The zero-order chi connectivity index (χ0) is 18.0. The number of benzene rings is 3. The minimum Gasteiger partial charge on any atom is -0.301 e. The molecule has 0 spiro atoms. The molecule has 1 N–H and O–H groups in total. The van der Waals surface area contributed by atoms with Gasteiger partial charge in [0.05, 0.1) is 5.30 Å². The van der Waals surface area contributed by atoms with E-state index in [1.807, 2.05) is 54.6 Å². The third kappa shape index (κ3) is 3.03. The molecule has 1 atom stereocenters. The second-order valence-corrected chi connectivity index (χ2v) is 8.60. The summed E-state index contributed by atoms with van der Waals surface area (Å²) in [6.07, 6.45) is 0.552. The number of hydrogen-bond donors (Lipinski definition) is 1. The van der Waals surface area contributed by atoms with Crippen LogP contribution in [0, 0.1) is 0 Å². The van der Waals surface area contributed by atoms with E-state index in [1.54, 1.807) is 0 Å². The maximum Gasteiger partial charge on any atom is 0.300 e. The van der Waals surface area contributed by atoms with E-state index < -0.39 is 7.52 Å². The van der Waals surface area contributed by atoms with Crippen LogP contribution in [0.2, 0.25) is 0 Å². The van der Waals surface area contributed by atoms with Gasteiger partial charge in [0.1, 0.15) is 6.10 Å². The fourth-order valence-electron chi connectivity index (χ4n) is 3.44. The van der Waals surface area contributed by atoms with Gasteiger partial charge in [0, 0.05) is 6.54 Å². The predicted molar refractivity (Wildman–Crippen MR) is 107 cm³/mol. The van der Waals surface area contributed by atoms with E-state index in [0.717, 1.165) is 28.7 Å². The molecular weight excluding hydrogens is 341 g/mol. The summed E-state index contributed by atoms with van der Waals surface area (Å²) < 4.78 is 20.2. The van der Waals surface area contributed by atoms with Gasteiger partial charge in [-0.3, -0.25) is 4.57 Å². The van der Waals surface area contributed by atoms with E-state index >= 15 is 0 Å². The van der Waals surface area contributed by atoms with Crippen LogP contribution in [0.3, 0.4) is 0 Å². The summed E-state index contributed by atoms with van der Waals surface area (Å²) in [6, 6.07) is 25.9. The molecule has 3 aromatic rings. The fourth-order valence-corrected chi connectivity index (χ4v) is 5.43. The summed E-state index contributed by atoms with van der Waals surface area (Å²) in [4.78, 5) is 0. The summed E-state index contributed by atoms with van der Waals surface area (Å²) in [5, 5.41) is 3.89. The number of rotatable bonds is 6. The molecule has 3 nitrogen and oxygen atoms in total. The molecule has 0 unspecified atom stereocenters. The van der Waals surface area contributed by atoms with Gasteiger partial charge in [-0.1, -0.05) is 73.7 Å². The first kappa shape index (κ1) is 17.2. The van der Waals surface area contributed by atoms with E-state index in [4.69, 9.17) is 4.52 Å². The van der Waals surface area contributed by atoms with E-state index in [1.165, 1.54) is 0 Å². The standard InChI is InChI=1S/C22H22NO2P/c1-2-16-23-26(24,17-10-4-3-5-11-17)25-22-20-14-8-6-12-18(20)19-13-7-9-15-21(19)22/h3-15,22H,2,16H2,1H3,(H,23,24)/t26-/m0/s1. The molecule has 0 fully saturated rings. The number of nitrogens with one attached hydrogen (secondary N) is 1. The van der Waals surface area contributed by atoms with Crippen molar-refractivity contribution in [2.24, 2.45) is 0 Å². The molecule has 3 aromatic carbocycles. The molecule has 26 heavy (non-hydrogen) atoms. The highest BCUT2D eigenvalue weighted by Crippen LogP contribution is 2.53. The van der Waals surface area contributed by atoms with Gasteiger partial charge in [-0.15, -0.1) is 0 Å². The van der Waals surface area contributed by atoms with Gasteiger partial charge in [-0.2, -0.15) is 0 Å². The van der Waals surface area contributed by atoms with E-state index in [2.05, 4.69) is 36.3 Å². The molecule has 0 saturated carbocycles. The molecule has 0 radical (unpaired) electrons. The summed E-state index contributed by atoms with van der Waals surface area (Å²) in [7, 11) is -3.20. The Morgan fingerprint density at radius 2 is 1.38 bits per heavy atom. The first-order chi connectivity index (χ1) is 12.7. The van der Waals surface area contributed by atoms with Crippen molar-refractivity contribution in [2.75, 3.05) is 6.54 Å². The lowest BCUT2D eigenvalue weighted by molar-refractivity contribution is 0.252. The van der Waals surface area contributed by atoms with E-state index in [-0.39, 0.29) is 6.10 Å². The minimum absolute atomic E-state index is 0.335. The Balaban J connectivity index is 1.78. The molecule has 132 valence electrons. The Bertz CT molecular complexity index is 910. The van der Waals surface area contributed by atoms with E-state index in [9.17, 15) is 4.57 Å². The van der Waals surface area contributed by atoms with Gasteiger partial charge >= 0.3 is 7.52 Å². The van der Waals surface area contributed by atoms with Gasteiger partial charge in [0.2, 0.25) is 0 Å². The lowest BCUT2D eigenvalue weighted by Gasteiger charge is -2.25. The van der Waals surface area contributed by atoms with Crippen LogP contribution in [0.1, 0.15) is 30.6 Å². The van der Waals surface area contributed by atoms with Crippen LogP contribution < -0.4 is 10.4 Å². The summed E-state index contributed by atoms with van der Waals surface area (Å²) >= 11 is 0. The molecule has 1 aliphatic carbocycles. The van der Waals surface area contributed by atoms with Gasteiger partial charge in [-0.05, 0) is 40.8 Å². The van der Waals surface area contributed by atoms with Crippen LogP contribution in [-0.4, -0.2) is 6.54 Å².